The number of nitrogens with one attached hydrogen (secondary N) is 1. The van der Waals surface area contributed by atoms with Gasteiger partial charge in [-0.3, -0.25) is 9.63 Å². The molecule has 0 saturated heterocycles. The van der Waals surface area contributed by atoms with Gasteiger partial charge in [-0.25, -0.2) is 5.06 Å². The number of ketones is 1. The molecule has 0 radical (unpaired) electrons. The molecule has 5 nitrogen and oxygen atoms in total. The Morgan fingerprint density at radius 2 is 2.00 bits per heavy atom. The number of halogens is 1. The smallest absolute Gasteiger partial charge is 0.221 e. The Hall–Kier alpha value is -2.35. The Balaban J connectivity index is 1.72. The molecule has 1 unspecified atom stereocenters. The number of fused-ring (bicyclic) bond motifs is 1. The summed E-state index contributed by atoms with van der Waals surface area (Å²) in [6.07, 6.45) is 0. The Morgan fingerprint density at radius 3 is 2.68 bits per heavy atom. The van der Waals surface area contributed by atoms with Crippen molar-refractivity contribution in [3.8, 4) is 5.75 Å². The topological polar surface area (TPSA) is 50.8 Å². The van der Waals surface area contributed by atoms with E-state index < -0.39 is 5.66 Å². The standard InChI is InChI=1S/C21H19BrN2O3S/c1-21(20(25)19-16(22)10-11-28-19)23-17-9-8-15(26-2)12-18(17)24(21)27-13-14-6-4-3-5-7-14/h3-12,23H,13H2,1-2H3. The first-order chi connectivity index (χ1) is 13.5. The molecule has 2 aromatic carbocycles. The minimum absolute atomic E-state index is 0.0717. The first kappa shape index (κ1) is 19.0. The molecule has 1 N–H and O–H groups in total. The van der Waals surface area contributed by atoms with E-state index in [1.54, 1.807) is 12.2 Å². The number of hydroxylamine groups is 1. The lowest BCUT2D eigenvalue weighted by molar-refractivity contribution is 0.0488. The van der Waals surface area contributed by atoms with E-state index >= 15 is 0 Å². The third-order valence-electron chi connectivity index (χ3n) is 4.68. The van der Waals surface area contributed by atoms with Gasteiger partial charge in [-0.1, -0.05) is 30.3 Å². The lowest BCUT2D eigenvalue weighted by atomic mass is 10.1. The summed E-state index contributed by atoms with van der Waals surface area (Å²) in [6, 6.07) is 17.4. The van der Waals surface area contributed by atoms with Gasteiger partial charge < -0.3 is 10.1 Å². The van der Waals surface area contributed by atoms with Crippen LogP contribution < -0.4 is 15.1 Å². The number of ether oxygens (including phenoxy) is 1. The molecular formula is C21H19BrN2O3S. The molecule has 0 spiro atoms. The lowest BCUT2D eigenvalue weighted by Gasteiger charge is -2.34. The zero-order chi connectivity index (χ0) is 19.7. The molecular weight excluding hydrogens is 440 g/mol. The largest absolute Gasteiger partial charge is 0.497 e. The van der Waals surface area contributed by atoms with E-state index in [1.165, 1.54) is 11.3 Å². The maximum atomic E-state index is 13.5. The van der Waals surface area contributed by atoms with E-state index in [-0.39, 0.29) is 5.78 Å². The predicted octanol–water partition coefficient (Wildman–Crippen LogP) is 5.48. The van der Waals surface area contributed by atoms with Crippen molar-refractivity contribution in [1.29, 1.82) is 0 Å². The third-order valence-corrected chi connectivity index (χ3v) is 6.51. The zero-order valence-electron chi connectivity index (χ0n) is 15.4. The van der Waals surface area contributed by atoms with Gasteiger partial charge in [0.05, 0.1) is 23.4 Å². The fourth-order valence-corrected chi connectivity index (χ4v) is 4.80. The predicted molar refractivity (Wildman–Crippen MR) is 115 cm³/mol. The molecule has 7 heteroatoms. The molecule has 28 heavy (non-hydrogen) atoms. The number of carbonyl (C=O) groups excluding carboxylic acids is 1. The minimum Gasteiger partial charge on any atom is -0.497 e. The fraction of sp³-hybridized carbons (Fsp3) is 0.190. The van der Waals surface area contributed by atoms with E-state index in [4.69, 9.17) is 9.57 Å². The highest BCUT2D eigenvalue weighted by Crippen LogP contribution is 2.44. The number of thiophene rings is 1. The van der Waals surface area contributed by atoms with Crippen LogP contribution in [0.25, 0.3) is 0 Å². The van der Waals surface area contributed by atoms with Crippen molar-refractivity contribution in [3.63, 3.8) is 0 Å². The van der Waals surface area contributed by atoms with Gasteiger partial charge in [0.2, 0.25) is 5.78 Å². The highest BCUT2D eigenvalue weighted by atomic mass is 79.9. The maximum absolute atomic E-state index is 13.5. The molecule has 144 valence electrons. The summed E-state index contributed by atoms with van der Waals surface area (Å²) in [4.78, 5) is 20.3. The Morgan fingerprint density at radius 1 is 1.21 bits per heavy atom. The Kier molecular flexibility index (Phi) is 5.14. The summed E-state index contributed by atoms with van der Waals surface area (Å²) >= 11 is 4.88. The van der Waals surface area contributed by atoms with Crippen LogP contribution in [0.1, 0.15) is 22.2 Å². The van der Waals surface area contributed by atoms with E-state index in [0.29, 0.717) is 17.2 Å². The van der Waals surface area contributed by atoms with Gasteiger partial charge in [-0.15, -0.1) is 11.3 Å². The summed E-state index contributed by atoms with van der Waals surface area (Å²) in [5.74, 6) is 0.625. The molecule has 1 atom stereocenters. The van der Waals surface area contributed by atoms with Crippen molar-refractivity contribution < 1.29 is 14.4 Å². The normalized spacial score (nSPS) is 17.9. The lowest BCUT2D eigenvalue weighted by Crippen LogP contribution is -2.54. The van der Waals surface area contributed by atoms with Crippen LogP contribution in [0.4, 0.5) is 11.4 Å². The van der Waals surface area contributed by atoms with Crippen molar-refractivity contribution >= 4 is 44.4 Å². The second-order valence-electron chi connectivity index (χ2n) is 6.56. The van der Waals surface area contributed by atoms with Crippen LogP contribution in [0.3, 0.4) is 0 Å². The molecule has 0 fully saturated rings. The summed E-state index contributed by atoms with van der Waals surface area (Å²) < 4.78 is 6.15. The van der Waals surface area contributed by atoms with Gasteiger partial charge in [-0.05, 0) is 52.0 Å². The van der Waals surface area contributed by atoms with Crippen molar-refractivity contribution in [2.24, 2.45) is 0 Å². The molecule has 1 aromatic heterocycles. The second kappa shape index (κ2) is 7.58. The van der Waals surface area contributed by atoms with Crippen LogP contribution in [-0.4, -0.2) is 18.6 Å². The number of hydrogen-bond donors (Lipinski definition) is 1. The average Bonchev–Trinajstić information content (AvgIpc) is 3.26. The van der Waals surface area contributed by atoms with Gasteiger partial charge >= 0.3 is 0 Å². The highest BCUT2D eigenvalue weighted by molar-refractivity contribution is 9.10. The first-order valence-corrected chi connectivity index (χ1v) is 10.4. The molecule has 3 aromatic rings. The van der Waals surface area contributed by atoms with Crippen molar-refractivity contribution in [3.05, 3.63) is 74.9 Å². The SMILES string of the molecule is COc1ccc2c(c1)N(OCc1ccccc1)C(C)(C(=O)c1sccc1Br)N2. The van der Waals surface area contributed by atoms with Crippen LogP contribution in [0.15, 0.2) is 64.5 Å². The average molecular weight is 459 g/mol. The zero-order valence-corrected chi connectivity index (χ0v) is 17.8. The van der Waals surface area contributed by atoms with Crippen LogP contribution >= 0.6 is 27.3 Å². The molecule has 0 aliphatic carbocycles. The van der Waals surface area contributed by atoms with Crippen LogP contribution in [-0.2, 0) is 11.4 Å². The summed E-state index contributed by atoms with van der Waals surface area (Å²) in [5, 5.41) is 6.89. The number of hydrogen-bond acceptors (Lipinski definition) is 6. The van der Waals surface area contributed by atoms with E-state index in [0.717, 1.165) is 21.4 Å². The maximum Gasteiger partial charge on any atom is 0.221 e. The van der Waals surface area contributed by atoms with Gasteiger partial charge in [0, 0.05) is 10.5 Å². The quantitative estimate of drug-likeness (QED) is 0.495. The monoisotopic (exact) mass is 458 g/mol. The van der Waals surface area contributed by atoms with Crippen molar-refractivity contribution in [2.45, 2.75) is 19.2 Å². The molecule has 0 amide bonds. The summed E-state index contributed by atoms with van der Waals surface area (Å²) in [7, 11) is 1.62. The van der Waals surface area contributed by atoms with Crippen LogP contribution in [0.2, 0.25) is 0 Å². The number of anilines is 2. The van der Waals surface area contributed by atoms with E-state index in [1.807, 2.05) is 66.9 Å². The molecule has 1 aliphatic rings. The van der Waals surface area contributed by atoms with Gasteiger partial charge in [-0.2, -0.15) is 0 Å². The summed E-state index contributed by atoms with van der Waals surface area (Å²) in [6.45, 7) is 2.17. The van der Waals surface area contributed by atoms with Crippen molar-refractivity contribution in [2.75, 3.05) is 17.5 Å². The van der Waals surface area contributed by atoms with Crippen LogP contribution in [0.5, 0.6) is 5.75 Å². The number of benzene rings is 2. The van der Waals surface area contributed by atoms with Gasteiger partial charge in [0.1, 0.15) is 12.4 Å². The number of Topliss-reactive ketones (excluding diaryl/α,β-unsaturated/α-hetero) is 1. The molecule has 0 saturated carbocycles. The number of rotatable bonds is 6. The second-order valence-corrected chi connectivity index (χ2v) is 8.33. The fourth-order valence-electron chi connectivity index (χ4n) is 3.20. The van der Waals surface area contributed by atoms with Crippen molar-refractivity contribution in [1.82, 2.24) is 0 Å². The first-order valence-electron chi connectivity index (χ1n) is 8.74. The molecule has 4 rings (SSSR count). The molecule has 0 bridgehead atoms. The molecule has 2 heterocycles. The van der Waals surface area contributed by atoms with Crippen LogP contribution in [0, 0.1) is 0 Å². The number of methoxy groups -OCH3 is 1. The number of nitrogens with zero attached hydrogens (tertiary/aromatic N) is 1. The van der Waals surface area contributed by atoms with Gasteiger partial charge in [0.15, 0.2) is 5.66 Å². The van der Waals surface area contributed by atoms with E-state index in [2.05, 4.69) is 21.2 Å². The van der Waals surface area contributed by atoms with Gasteiger partial charge in [0.25, 0.3) is 0 Å². The van der Waals surface area contributed by atoms with E-state index in [9.17, 15) is 4.79 Å². The number of carbonyl (C=O) groups is 1. The third kappa shape index (κ3) is 3.30. The summed E-state index contributed by atoms with van der Waals surface area (Å²) in [5.41, 5.74) is 1.51. The minimum atomic E-state index is -1.09. The Labute approximate surface area is 176 Å². The highest BCUT2D eigenvalue weighted by Gasteiger charge is 2.48. The Bertz CT molecular complexity index is 1010. The molecule has 1 aliphatic heterocycles.